The van der Waals surface area contributed by atoms with Crippen molar-refractivity contribution < 1.29 is 18.7 Å². The first kappa shape index (κ1) is 27.0. The Balaban J connectivity index is 0.00000385. The maximum absolute atomic E-state index is 12.2. The molecule has 0 bridgehead atoms. The summed E-state index contributed by atoms with van der Waals surface area (Å²) in [6.45, 7) is 3.25. The fourth-order valence-electron chi connectivity index (χ4n) is 3.63. The number of amides is 1. The van der Waals surface area contributed by atoms with Gasteiger partial charge in [0.25, 0.3) is 0 Å². The summed E-state index contributed by atoms with van der Waals surface area (Å²) >= 11 is 0. The number of benzene rings is 1. The number of hydrogen-bond donors (Lipinski definition) is 2. The SMILES string of the molecule is COCCC(=O)N1CCC(NC(=NCc2ccc(OC)cc2)NCCc2ccco2)CC1.I. The Bertz CT molecular complexity index is 835. The van der Waals surface area contributed by atoms with E-state index >= 15 is 0 Å². The van der Waals surface area contributed by atoms with Gasteiger partial charge in [0.05, 0.1) is 32.9 Å². The van der Waals surface area contributed by atoms with Crippen molar-refractivity contribution in [3.63, 3.8) is 0 Å². The van der Waals surface area contributed by atoms with Crippen LogP contribution in [0.1, 0.15) is 30.6 Å². The molecule has 0 aliphatic carbocycles. The van der Waals surface area contributed by atoms with Crippen molar-refractivity contribution in [1.82, 2.24) is 15.5 Å². The van der Waals surface area contributed by atoms with Crippen molar-refractivity contribution in [3.8, 4) is 5.75 Å². The van der Waals surface area contributed by atoms with Gasteiger partial charge in [-0.15, -0.1) is 24.0 Å². The molecule has 0 saturated carbocycles. The van der Waals surface area contributed by atoms with Crippen molar-refractivity contribution in [3.05, 3.63) is 54.0 Å². The number of halogens is 1. The van der Waals surface area contributed by atoms with E-state index in [4.69, 9.17) is 18.9 Å². The van der Waals surface area contributed by atoms with Crippen molar-refractivity contribution in [2.75, 3.05) is 40.5 Å². The number of carbonyl (C=O) groups excluding carboxylic acids is 1. The fraction of sp³-hybridized carbons (Fsp3) is 0.500. The number of guanidine groups is 1. The summed E-state index contributed by atoms with van der Waals surface area (Å²) in [4.78, 5) is 18.9. The number of furan rings is 1. The van der Waals surface area contributed by atoms with Gasteiger partial charge in [-0.25, -0.2) is 4.99 Å². The van der Waals surface area contributed by atoms with Crippen LogP contribution in [0, 0.1) is 0 Å². The average Bonchev–Trinajstić information content (AvgIpc) is 3.35. The summed E-state index contributed by atoms with van der Waals surface area (Å²) in [7, 11) is 3.28. The molecule has 1 aliphatic rings. The highest BCUT2D eigenvalue weighted by atomic mass is 127. The second kappa shape index (κ2) is 14.8. The molecule has 1 saturated heterocycles. The first-order valence-corrected chi connectivity index (χ1v) is 11.1. The zero-order valence-electron chi connectivity index (χ0n) is 19.4. The van der Waals surface area contributed by atoms with Gasteiger partial charge in [0.2, 0.25) is 5.91 Å². The van der Waals surface area contributed by atoms with Crippen LogP contribution in [-0.2, 0) is 22.5 Å². The van der Waals surface area contributed by atoms with Gasteiger partial charge in [0.15, 0.2) is 5.96 Å². The largest absolute Gasteiger partial charge is 0.497 e. The normalized spacial score (nSPS) is 14.5. The number of aliphatic imine (C=N–C) groups is 1. The molecule has 0 unspecified atom stereocenters. The van der Waals surface area contributed by atoms with E-state index in [0.717, 1.165) is 61.9 Å². The van der Waals surface area contributed by atoms with Crippen LogP contribution in [0.4, 0.5) is 0 Å². The van der Waals surface area contributed by atoms with Gasteiger partial charge >= 0.3 is 0 Å². The lowest BCUT2D eigenvalue weighted by molar-refractivity contribution is -0.133. The van der Waals surface area contributed by atoms with Gasteiger partial charge in [0, 0.05) is 39.2 Å². The summed E-state index contributed by atoms with van der Waals surface area (Å²) in [6, 6.07) is 12.1. The maximum atomic E-state index is 12.2. The topological polar surface area (TPSA) is 88.3 Å². The minimum absolute atomic E-state index is 0. The first-order chi connectivity index (χ1) is 15.7. The molecule has 2 aromatic rings. The van der Waals surface area contributed by atoms with Crippen molar-refractivity contribution in [2.45, 2.75) is 38.3 Å². The van der Waals surface area contributed by atoms with Gasteiger partial charge in [-0.2, -0.15) is 0 Å². The lowest BCUT2D eigenvalue weighted by Crippen LogP contribution is -2.50. The highest BCUT2D eigenvalue weighted by Crippen LogP contribution is 2.13. The fourth-order valence-corrected chi connectivity index (χ4v) is 3.63. The van der Waals surface area contributed by atoms with E-state index in [0.29, 0.717) is 19.6 Å². The monoisotopic (exact) mass is 570 g/mol. The molecular weight excluding hydrogens is 535 g/mol. The third kappa shape index (κ3) is 9.24. The number of nitrogens with one attached hydrogen (secondary N) is 2. The standard InChI is InChI=1S/C24H34N4O4.HI/c1-30-17-12-23(29)28-14-10-20(11-15-28)27-24(25-13-9-22-4-3-16-32-22)26-18-19-5-7-21(31-2)8-6-19;/h3-8,16,20H,9-15,17-18H2,1-2H3,(H2,25,26,27);1H. The zero-order chi connectivity index (χ0) is 22.6. The number of likely N-dealkylation sites (tertiary alicyclic amines) is 1. The Morgan fingerprint density at radius 3 is 2.58 bits per heavy atom. The first-order valence-electron chi connectivity index (χ1n) is 11.1. The lowest BCUT2D eigenvalue weighted by Gasteiger charge is -2.33. The van der Waals surface area contributed by atoms with E-state index in [1.54, 1.807) is 20.5 Å². The highest BCUT2D eigenvalue weighted by Gasteiger charge is 2.23. The summed E-state index contributed by atoms with van der Waals surface area (Å²) < 4.78 is 15.7. The summed E-state index contributed by atoms with van der Waals surface area (Å²) in [5.74, 6) is 2.71. The number of ether oxygens (including phenoxy) is 2. The quantitative estimate of drug-likeness (QED) is 0.259. The number of nitrogens with zero attached hydrogens (tertiary/aromatic N) is 2. The minimum Gasteiger partial charge on any atom is -0.497 e. The third-order valence-electron chi connectivity index (χ3n) is 5.53. The average molecular weight is 570 g/mol. The summed E-state index contributed by atoms with van der Waals surface area (Å²) in [5.41, 5.74) is 1.11. The van der Waals surface area contributed by atoms with Crippen LogP contribution in [-0.4, -0.2) is 63.3 Å². The van der Waals surface area contributed by atoms with Gasteiger partial charge in [-0.3, -0.25) is 4.79 Å². The van der Waals surface area contributed by atoms with E-state index in [9.17, 15) is 4.79 Å². The van der Waals surface area contributed by atoms with Crippen LogP contribution in [0.3, 0.4) is 0 Å². The van der Waals surface area contributed by atoms with Gasteiger partial charge < -0.3 is 29.4 Å². The van der Waals surface area contributed by atoms with Gasteiger partial charge in [0.1, 0.15) is 11.5 Å². The van der Waals surface area contributed by atoms with Crippen LogP contribution in [0.2, 0.25) is 0 Å². The molecular formula is C24H35IN4O4. The number of piperidine rings is 1. The summed E-state index contributed by atoms with van der Waals surface area (Å²) in [5, 5.41) is 6.97. The van der Waals surface area contributed by atoms with Crippen molar-refractivity contribution in [1.29, 1.82) is 0 Å². The predicted octanol–water partition coefficient (Wildman–Crippen LogP) is 3.21. The predicted molar refractivity (Wildman–Crippen MR) is 139 cm³/mol. The Morgan fingerprint density at radius 1 is 1.18 bits per heavy atom. The van der Waals surface area contributed by atoms with E-state index < -0.39 is 0 Å². The van der Waals surface area contributed by atoms with Crippen LogP contribution in [0.15, 0.2) is 52.1 Å². The van der Waals surface area contributed by atoms with E-state index in [1.165, 1.54) is 0 Å². The molecule has 2 heterocycles. The molecule has 0 atom stereocenters. The minimum atomic E-state index is 0. The van der Waals surface area contributed by atoms with Crippen molar-refractivity contribution in [2.24, 2.45) is 4.99 Å². The molecule has 0 radical (unpaired) electrons. The molecule has 9 heteroatoms. The van der Waals surface area contributed by atoms with Gasteiger partial charge in [-0.1, -0.05) is 12.1 Å². The smallest absolute Gasteiger partial charge is 0.224 e. The second-order valence-corrected chi connectivity index (χ2v) is 7.81. The molecule has 1 aliphatic heterocycles. The molecule has 8 nitrogen and oxygen atoms in total. The van der Waals surface area contributed by atoms with E-state index in [1.807, 2.05) is 41.3 Å². The van der Waals surface area contributed by atoms with E-state index in [-0.39, 0.29) is 35.9 Å². The van der Waals surface area contributed by atoms with Crippen LogP contribution in [0.25, 0.3) is 0 Å². The molecule has 2 N–H and O–H groups in total. The second-order valence-electron chi connectivity index (χ2n) is 7.81. The molecule has 33 heavy (non-hydrogen) atoms. The Kier molecular flexibility index (Phi) is 12.1. The molecule has 182 valence electrons. The molecule has 1 aromatic carbocycles. The number of methoxy groups -OCH3 is 2. The molecule has 1 fully saturated rings. The molecule has 3 rings (SSSR count). The summed E-state index contributed by atoms with van der Waals surface area (Å²) in [6.07, 6.45) is 4.69. The van der Waals surface area contributed by atoms with Crippen LogP contribution < -0.4 is 15.4 Å². The number of carbonyl (C=O) groups is 1. The zero-order valence-corrected chi connectivity index (χ0v) is 21.7. The van der Waals surface area contributed by atoms with Gasteiger partial charge in [-0.05, 0) is 42.7 Å². The Hall–Kier alpha value is -2.27. The van der Waals surface area contributed by atoms with Crippen LogP contribution in [0.5, 0.6) is 5.75 Å². The number of rotatable bonds is 10. The van der Waals surface area contributed by atoms with E-state index in [2.05, 4.69) is 10.6 Å². The van der Waals surface area contributed by atoms with Crippen molar-refractivity contribution >= 4 is 35.8 Å². The third-order valence-corrected chi connectivity index (χ3v) is 5.53. The molecule has 1 aromatic heterocycles. The number of hydrogen-bond acceptors (Lipinski definition) is 5. The lowest BCUT2D eigenvalue weighted by atomic mass is 10.0. The molecule has 1 amide bonds. The Morgan fingerprint density at radius 2 is 1.94 bits per heavy atom. The maximum Gasteiger partial charge on any atom is 0.224 e. The molecule has 0 spiro atoms. The highest BCUT2D eigenvalue weighted by molar-refractivity contribution is 14.0. The van der Waals surface area contributed by atoms with Crippen LogP contribution >= 0.6 is 24.0 Å². The Labute approximate surface area is 213 Å².